The van der Waals surface area contributed by atoms with Crippen molar-refractivity contribution in [1.29, 1.82) is 0 Å². The molecule has 0 unspecified atom stereocenters. The highest BCUT2D eigenvalue weighted by molar-refractivity contribution is 5.81. The van der Waals surface area contributed by atoms with Gasteiger partial charge in [0.25, 0.3) is 5.91 Å². The van der Waals surface area contributed by atoms with Crippen molar-refractivity contribution in [2.45, 2.75) is 65.5 Å². The molecule has 0 bridgehead atoms. The van der Waals surface area contributed by atoms with E-state index in [4.69, 9.17) is 14.2 Å². The topological polar surface area (TPSA) is 56.8 Å². The van der Waals surface area contributed by atoms with Gasteiger partial charge in [-0.25, -0.2) is 0 Å². The molecule has 2 aromatic rings. The van der Waals surface area contributed by atoms with E-state index in [0.717, 1.165) is 24.2 Å². The zero-order valence-electron chi connectivity index (χ0n) is 18.5. The van der Waals surface area contributed by atoms with Crippen LogP contribution in [0.4, 0.5) is 0 Å². The van der Waals surface area contributed by atoms with Crippen molar-refractivity contribution in [3.05, 3.63) is 53.1 Å². The van der Waals surface area contributed by atoms with E-state index in [0.29, 0.717) is 24.7 Å². The van der Waals surface area contributed by atoms with Gasteiger partial charge in [0, 0.05) is 0 Å². The first-order valence-corrected chi connectivity index (χ1v) is 11.0. The number of carbonyl (C=O) groups is 1. The van der Waals surface area contributed by atoms with Gasteiger partial charge < -0.3 is 19.5 Å². The fraction of sp³-hybridized carbons (Fsp3) is 0.480. The average molecular weight is 412 g/mol. The molecule has 0 aliphatic heterocycles. The van der Waals surface area contributed by atoms with Gasteiger partial charge in [0.2, 0.25) is 0 Å². The number of carbonyl (C=O) groups excluding carboxylic acids is 1. The summed E-state index contributed by atoms with van der Waals surface area (Å²) in [5.74, 6) is 2.11. The van der Waals surface area contributed by atoms with E-state index in [-0.39, 0.29) is 11.9 Å². The number of amides is 1. The maximum atomic E-state index is 12.8. The Bertz CT molecular complexity index is 864. The first-order chi connectivity index (χ1) is 14.5. The Morgan fingerprint density at radius 1 is 0.967 bits per heavy atom. The molecule has 0 aromatic heterocycles. The van der Waals surface area contributed by atoms with Crippen molar-refractivity contribution >= 4 is 5.91 Å². The van der Waals surface area contributed by atoms with Crippen molar-refractivity contribution in [2.24, 2.45) is 0 Å². The van der Waals surface area contributed by atoms with Crippen LogP contribution >= 0.6 is 0 Å². The summed E-state index contributed by atoms with van der Waals surface area (Å²) in [7, 11) is 0. The number of aryl methyl sites for hydroxylation is 1. The van der Waals surface area contributed by atoms with Crippen LogP contribution in [-0.2, 0) is 17.6 Å². The lowest BCUT2D eigenvalue weighted by atomic mass is 9.91. The molecular formula is C25H33NO4. The highest BCUT2D eigenvalue weighted by atomic mass is 16.5. The predicted octanol–water partition coefficient (Wildman–Crippen LogP) is 5.01. The Balaban J connectivity index is 1.66. The molecule has 162 valence electrons. The van der Waals surface area contributed by atoms with E-state index in [2.05, 4.69) is 11.4 Å². The van der Waals surface area contributed by atoms with Crippen LogP contribution in [0.3, 0.4) is 0 Å². The van der Waals surface area contributed by atoms with Gasteiger partial charge in [-0.05, 0) is 88.3 Å². The predicted molar refractivity (Wildman–Crippen MR) is 119 cm³/mol. The molecule has 0 radical (unpaired) electrons. The van der Waals surface area contributed by atoms with E-state index in [1.807, 2.05) is 51.1 Å². The summed E-state index contributed by atoms with van der Waals surface area (Å²) >= 11 is 0. The summed E-state index contributed by atoms with van der Waals surface area (Å²) in [5, 5.41) is 3.06. The molecule has 30 heavy (non-hydrogen) atoms. The molecule has 1 aliphatic carbocycles. The molecule has 0 saturated heterocycles. The van der Waals surface area contributed by atoms with Gasteiger partial charge in [-0.2, -0.15) is 0 Å². The van der Waals surface area contributed by atoms with E-state index in [9.17, 15) is 4.79 Å². The van der Waals surface area contributed by atoms with Gasteiger partial charge >= 0.3 is 0 Å². The molecule has 1 aliphatic rings. The number of nitrogens with one attached hydrogen (secondary N) is 1. The number of benzene rings is 2. The monoisotopic (exact) mass is 411 g/mol. The summed E-state index contributed by atoms with van der Waals surface area (Å²) in [5.41, 5.74) is 3.56. The molecule has 2 atom stereocenters. The lowest BCUT2D eigenvalue weighted by Gasteiger charge is -2.23. The van der Waals surface area contributed by atoms with Crippen LogP contribution in [0.25, 0.3) is 0 Å². The Kier molecular flexibility index (Phi) is 7.61. The second-order valence-corrected chi connectivity index (χ2v) is 7.66. The van der Waals surface area contributed by atoms with Crippen molar-refractivity contribution in [1.82, 2.24) is 5.32 Å². The quantitative estimate of drug-likeness (QED) is 0.630. The van der Waals surface area contributed by atoms with E-state index in [1.165, 1.54) is 24.0 Å². The molecular weight excluding hydrogens is 378 g/mol. The smallest absolute Gasteiger partial charge is 0.261 e. The zero-order valence-corrected chi connectivity index (χ0v) is 18.5. The summed E-state index contributed by atoms with van der Waals surface area (Å²) in [6, 6.07) is 11.7. The largest absolute Gasteiger partial charge is 0.490 e. The highest BCUT2D eigenvalue weighted by Crippen LogP contribution is 2.32. The number of hydrogen-bond donors (Lipinski definition) is 1. The average Bonchev–Trinajstić information content (AvgIpc) is 2.75. The van der Waals surface area contributed by atoms with Crippen LogP contribution < -0.4 is 19.5 Å². The van der Waals surface area contributed by atoms with Crippen LogP contribution in [0.2, 0.25) is 0 Å². The number of fused-ring (bicyclic) bond motifs is 1. The third-order valence-electron chi connectivity index (χ3n) is 5.45. The van der Waals surface area contributed by atoms with Gasteiger partial charge in [-0.3, -0.25) is 4.79 Å². The maximum Gasteiger partial charge on any atom is 0.261 e. The molecule has 5 nitrogen and oxygen atoms in total. The first-order valence-electron chi connectivity index (χ1n) is 11.0. The third-order valence-corrected chi connectivity index (χ3v) is 5.45. The Hall–Kier alpha value is -2.69. The number of hydrogen-bond acceptors (Lipinski definition) is 4. The first kappa shape index (κ1) is 22.0. The van der Waals surface area contributed by atoms with Crippen LogP contribution in [0.1, 0.15) is 63.3 Å². The summed E-state index contributed by atoms with van der Waals surface area (Å²) < 4.78 is 17.4. The second-order valence-electron chi connectivity index (χ2n) is 7.66. The molecule has 5 heteroatoms. The number of ether oxygens (including phenoxy) is 3. The zero-order chi connectivity index (χ0) is 21.5. The Labute approximate surface area is 179 Å². The van der Waals surface area contributed by atoms with Crippen molar-refractivity contribution in [3.8, 4) is 17.2 Å². The Morgan fingerprint density at radius 3 is 2.47 bits per heavy atom. The van der Waals surface area contributed by atoms with E-state index >= 15 is 0 Å². The number of rotatable bonds is 9. The van der Waals surface area contributed by atoms with Crippen molar-refractivity contribution < 1.29 is 19.0 Å². The minimum absolute atomic E-state index is 0.136. The van der Waals surface area contributed by atoms with Gasteiger partial charge in [0.1, 0.15) is 5.75 Å². The van der Waals surface area contributed by atoms with Crippen LogP contribution in [0, 0.1) is 0 Å². The molecule has 1 amide bonds. The van der Waals surface area contributed by atoms with Gasteiger partial charge in [-0.1, -0.05) is 18.2 Å². The summed E-state index contributed by atoms with van der Waals surface area (Å²) in [4.78, 5) is 12.8. The minimum Gasteiger partial charge on any atom is -0.490 e. The molecule has 0 heterocycles. The third kappa shape index (κ3) is 5.26. The normalized spacial score (nSPS) is 14.9. The SMILES string of the molecule is CCOc1ccc([C@@H](C)NC(=O)[C@H](C)Oc2cccc3c2CCCC3)cc1OCC. The van der Waals surface area contributed by atoms with E-state index < -0.39 is 6.10 Å². The minimum atomic E-state index is -0.574. The van der Waals surface area contributed by atoms with Gasteiger partial charge in [0.15, 0.2) is 17.6 Å². The highest BCUT2D eigenvalue weighted by Gasteiger charge is 2.21. The van der Waals surface area contributed by atoms with E-state index in [1.54, 1.807) is 6.92 Å². The lowest BCUT2D eigenvalue weighted by Crippen LogP contribution is -2.38. The summed E-state index contributed by atoms with van der Waals surface area (Å²) in [6.07, 6.45) is 3.92. The molecule has 0 spiro atoms. The second kappa shape index (κ2) is 10.4. The molecule has 1 N–H and O–H groups in total. The van der Waals surface area contributed by atoms with Crippen molar-refractivity contribution in [2.75, 3.05) is 13.2 Å². The molecule has 3 rings (SSSR count). The van der Waals surface area contributed by atoms with Crippen LogP contribution in [0.15, 0.2) is 36.4 Å². The van der Waals surface area contributed by atoms with Crippen LogP contribution in [-0.4, -0.2) is 25.2 Å². The fourth-order valence-corrected chi connectivity index (χ4v) is 3.85. The summed E-state index contributed by atoms with van der Waals surface area (Å²) in [6.45, 7) is 8.77. The van der Waals surface area contributed by atoms with Crippen LogP contribution in [0.5, 0.6) is 17.2 Å². The Morgan fingerprint density at radius 2 is 1.70 bits per heavy atom. The van der Waals surface area contributed by atoms with Gasteiger partial charge in [-0.15, -0.1) is 0 Å². The molecule has 0 saturated carbocycles. The maximum absolute atomic E-state index is 12.8. The van der Waals surface area contributed by atoms with Gasteiger partial charge in [0.05, 0.1) is 19.3 Å². The van der Waals surface area contributed by atoms with Crippen molar-refractivity contribution in [3.63, 3.8) is 0 Å². The fourth-order valence-electron chi connectivity index (χ4n) is 3.85. The molecule has 0 fully saturated rings. The lowest BCUT2D eigenvalue weighted by molar-refractivity contribution is -0.127. The standard InChI is InChI=1S/C25H33NO4/c1-5-28-23-15-14-20(16-24(23)29-6-2)17(3)26-25(27)18(4)30-22-13-9-11-19-10-7-8-12-21(19)22/h9,11,13-18H,5-8,10,12H2,1-4H3,(H,26,27)/t17-,18+/m1/s1. The molecule has 2 aromatic carbocycles.